The van der Waals surface area contributed by atoms with Crippen LogP contribution in [0.2, 0.25) is 0 Å². The molecule has 1 aromatic heterocycles. The Morgan fingerprint density at radius 2 is 2.11 bits per heavy atom. The summed E-state index contributed by atoms with van der Waals surface area (Å²) in [4.78, 5) is 0. The fourth-order valence-electron chi connectivity index (χ4n) is 3.71. The molecule has 2 heterocycles. The zero-order valence-electron chi connectivity index (χ0n) is 10.7. The van der Waals surface area contributed by atoms with E-state index in [1.165, 1.54) is 41.3 Å². The summed E-state index contributed by atoms with van der Waals surface area (Å²) in [5.74, 6) is 0. The maximum Gasteiger partial charge on any atom is 0.0527 e. The van der Waals surface area contributed by atoms with Crippen LogP contribution in [0.3, 0.4) is 0 Å². The van der Waals surface area contributed by atoms with Crippen LogP contribution >= 0.6 is 0 Å². The normalized spacial score (nSPS) is 20.9. The van der Waals surface area contributed by atoms with E-state index in [0.29, 0.717) is 6.61 Å². The van der Waals surface area contributed by atoms with Crippen molar-refractivity contribution in [2.45, 2.75) is 44.1 Å². The number of aliphatic hydroxyl groups excluding tert-OH is 1. The second-order valence-electron chi connectivity index (χ2n) is 5.98. The zero-order valence-corrected chi connectivity index (χ0v) is 10.7. The zero-order chi connectivity index (χ0) is 12.2. The summed E-state index contributed by atoms with van der Waals surface area (Å²) in [5, 5.41) is 11.1. The lowest BCUT2D eigenvalue weighted by Gasteiger charge is -2.41. The Morgan fingerprint density at radius 3 is 2.83 bits per heavy atom. The molecule has 0 saturated heterocycles. The number of aryl methyl sites for hydroxylation is 2. The van der Waals surface area contributed by atoms with Crippen molar-refractivity contribution in [3.05, 3.63) is 35.5 Å². The van der Waals surface area contributed by atoms with Crippen LogP contribution in [-0.4, -0.2) is 16.3 Å². The van der Waals surface area contributed by atoms with Gasteiger partial charge in [0.1, 0.15) is 0 Å². The van der Waals surface area contributed by atoms with Gasteiger partial charge >= 0.3 is 0 Å². The summed E-state index contributed by atoms with van der Waals surface area (Å²) in [6.07, 6.45) is 8.20. The van der Waals surface area contributed by atoms with Crippen LogP contribution in [-0.2, 0) is 18.4 Å². The van der Waals surface area contributed by atoms with E-state index in [1.807, 2.05) is 0 Å². The Balaban J connectivity index is 1.93. The number of hydrogen-bond acceptors (Lipinski definition) is 1. The van der Waals surface area contributed by atoms with E-state index in [2.05, 4.69) is 29.0 Å². The molecule has 94 valence electrons. The third-order valence-electron chi connectivity index (χ3n) is 5.01. The standard InChI is InChI=1S/C16H19NO/c18-11-16(5-2-6-16)14-9-12-3-1-7-17-8-4-13(10-14)15(12)17/h4,8-10,18H,1-3,5-7,11H2. The van der Waals surface area contributed by atoms with Crippen molar-refractivity contribution in [3.8, 4) is 0 Å². The topological polar surface area (TPSA) is 25.2 Å². The van der Waals surface area contributed by atoms with Crippen LogP contribution in [0, 0.1) is 0 Å². The van der Waals surface area contributed by atoms with Gasteiger partial charge in [0.15, 0.2) is 0 Å². The van der Waals surface area contributed by atoms with Crippen LogP contribution in [0.5, 0.6) is 0 Å². The fourth-order valence-corrected chi connectivity index (χ4v) is 3.71. The van der Waals surface area contributed by atoms with E-state index in [4.69, 9.17) is 0 Å². The summed E-state index contributed by atoms with van der Waals surface area (Å²) in [6.45, 7) is 1.46. The van der Waals surface area contributed by atoms with Gasteiger partial charge in [-0.3, -0.25) is 0 Å². The van der Waals surface area contributed by atoms with Crippen LogP contribution < -0.4 is 0 Å². The molecule has 2 aromatic rings. The summed E-state index contributed by atoms with van der Waals surface area (Å²) in [5.41, 5.74) is 4.36. The lowest BCUT2D eigenvalue weighted by Crippen LogP contribution is -2.38. The monoisotopic (exact) mass is 241 g/mol. The molecule has 4 rings (SSSR count). The summed E-state index contributed by atoms with van der Waals surface area (Å²) >= 11 is 0. The van der Waals surface area contributed by atoms with Gasteiger partial charge in [0, 0.05) is 23.5 Å². The Labute approximate surface area is 107 Å². The number of aromatic nitrogens is 1. The first-order valence-corrected chi connectivity index (χ1v) is 7.06. The quantitative estimate of drug-likeness (QED) is 0.859. The third kappa shape index (κ3) is 1.27. The molecule has 0 unspecified atom stereocenters. The lowest BCUT2D eigenvalue weighted by molar-refractivity contribution is 0.120. The molecule has 1 fully saturated rings. The Bertz CT molecular complexity index is 601. The van der Waals surface area contributed by atoms with Crippen molar-refractivity contribution < 1.29 is 5.11 Å². The molecule has 0 bridgehead atoms. The van der Waals surface area contributed by atoms with Gasteiger partial charge < -0.3 is 9.67 Å². The van der Waals surface area contributed by atoms with Crippen LogP contribution in [0.1, 0.15) is 36.8 Å². The maximum absolute atomic E-state index is 9.74. The van der Waals surface area contributed by atoms with E-state index < -0.39 is 0 Å². The van der Waals surface area contributed by atoms with Crippen molar-refractivity contribution in [2.75, 3.05) is 6.61 Å². The largest absolute Gasteiger partial charge is 0.395 e. The molecule has 0 atom stereocenters. The van der Waals surface area contributed by atoms with E-state index in [0.717, 1.165) is 19.4 Å². The van der Waals surface area contributed by atoms with Crippen LogP contribution in [0.25, 0.3) is 10.9 Å². The van der Waals surface area contributed by atoms with Gasteiger partial charge in [0.05, 0.1) is 12.1 Å². The first kappa shape index (κ1) is 10.6. The molecule has 1 aliphatic heterocycles. The highest BCUT2D eigenvalue weighted by Crippen LogP contribution is 2.45. The Hall–Kier alpha value is -1.28. The first-order valence-electron chi connectivity index (χ1n) is 7.06. The molecule has 1 saturated carbocycles. The van der Waals surface area contributed by atoms with Crippen molar-refractivity contribution in [2.24, 2.45) is 0 Å². The average Bonchev–Trinajstić information content (AvgIpc) is 2.74. The highest BCUT2D eigenvalue weighted by Gasteiger charge is 2.38. The number of hydrogen-bond donors (Lipinski definition) is 1. The van der Waals surface area contributed by atoms with Crippen molar-refractivity contribution in [1.82, 2.24) is 4.57 Å². The van der Waals surface area contributed by atoms with Gasteiger partial charge in [-0.15, -0.1) is 0 Å². The van der Waals surface area contributed by atoms with Crippen molar-refractivity contribution in [1.29, 1.82) is 0 Å². The molecule has 1 N–H and O–H groups in total. The molecule has 0 radical (unpaired) electrons. The maximum atomic E-state index is 9.74. The molecular weight excluding hydrogens is 222 g/mol. The third-order valence-corrected chi connectivity index (χ3v) is 5.01. The van der Waals surface area contributed by atoms with Gasteiger partial charge in [-0.25, -0.2) is 0 Å². The van der Waals surface area contributed by atoms with Crippen molar-refractivity contribution in [3.63, 3.8) is 0 Å². The van der Waals surface area contributed by atoms with Gasteiger partial charge in [-0.2, -0.15) is 0 Å². The van der Waals surface area contributed by atoms with Crippen LogP contribution in [0.15, 0.2) is 24.4 Å². The minimum absolute atomic E-state index is 0.0736. The molecule has 2 aliphatic rings. The van der Waals surface area contributed by atoms with Gasteiger partial charge in [-0.1, -0.05) is 12.5 Å². The van der Waals surface area contributed by atoms with E-state index in [-0.39, 0.29) is 5.41 Å². The highest BCUT2D eigenvalue weighted by atomic mass is 16.3. The van der Waals surface area contributed by atoms with Gasteiger partial charge in [0.2, 0.25) is 0 Å². The molecule has 2 heteroatoms. The molecular formula is C16H19NO. The van der Waals surface area contributed by atoms with E-state index >= 15 is 0 Å². The molecule has 0 amide bonds. The predicted molar refractivity (Wildman–Crippen MR) is 72.9 cm³/mol. The summed E-state index contributed by atoms with van der Waals surface area (Å²) < 4.78 is 2.38. The summed E-state index contributed by atoms with van der Waals surface area (Å²) in [6, 6.07) is 6.92. The minimum atomic E-state index is 0.0736. The predicted octanol–water partition coefficient (Wildman–Crippen LogP) is 3.00. The molecule has 0 spiro atoms. The van der Waals surface area contributed by atoms with Crippen LogP contribution in [0.4, 0.5) is 0 Å². The van der Waals surface area contributed by atoms with E-state index in [1.54, 1.807) is 0 Å². The fraction of sp³-hybridized carbons (Fsp3) is 0.500. The number of rotatable bonds is 2. The van der Waals surface area contributed by atoms with Gasteiger partial charge in [-0.05, 0) is 48.9 Å². The lowest BCUT2D eigenvalue weighted by atomic mass is 9.64. The molecule has 1 aromatic carbocycles. The highest BCUT2D eigenvalue weighted by molar-refractivity contribution is 5.85. The average molecular weight is 241 g/mol. The number of nitrogens with zero attached hydrogens (tertiary/aromatic N) is 1. The number of aliphatic hydroxyl groups is 1. The summed E-state index contributed by atoms with van der Waals surface area (Å²) in [7, 11) is 0. The smallest absolute Gasteiger partial charge is 0.0527 e. The van der Waals surface area contributed by atoms with E-state index in [9.17, 15) is 5.11 Å². The Morgan fingerprint density at radius 1 is 1.22 bits per heavy atom. The second kappa shape index (κ2) is 3.61. The SMILES string of the molecule is OCC1(c2cc3c4c(ccn4CCC3)c2)CCC1. The van der Waals surface area contributed by atoms with Gasteiger partial charge in [0.25, 0.3) is 0 Å². The first-order chi connectivity index (χ1) is 8.82. The molecule has 18 heavy (non-hydrogen) atoms. The molecule has 1 aliphatic carbocycles. The number of benzene rings is 1. The minimum Gasteiger partial charge on any atom is -0.395 e. The Kier molecular flexibility index (Phi) is 2.13. The van der Waals surface area contributed by atoms with Crippen molar-refractivity contribution >= 4 is 10.9 Å². The second-order valence-corrected chi connectivity index (χ2v) is 5.98. The molecule has 2 nitrogen and oxygen atoms in total.